The molecule has 6 rings (SSSR count). The Morgan fingerprint density at radius 3 is 2.44 bits per heavy atom. The van der Waals surface area contributed by atoms with Crippen molar-refractivity contribution in [3.05, 3.63) is 98.7 Å². The fraction of sp³-hybridized carbons (Fsp3) is 0.0800. The number of nitrogens with one attached hydrogen (secondary N) is 3. The number of hydrogen-bond acceptors (Lipinski definition) is 3. The Labute approximate surface area is 181 Å². The highest BCUT2D eigenvalue weighted by Crippen LogP contribution is 2.43. The third-order valence-electron chi connectivity index (χ3n) is 6.23. The van der Waals surface area contributed by atoms with Crippen LogP contribution in [0.15, 0.2) is 76.3 Å². The van der Waals surface area contributed by atoms with Crippen LogP contribution in [0.2, 0.25) is 0 Å². The highest BCUT2D eigenvalue weighted by molar-refractivity contribution is 6.09. The van der Waals surface area contributed by atoms with Crippen LogP contribution in [0, 0.1) is 0 Å². The number of carbonyl (C=O) groups is 1. The van der Waals surface area contributed by atoms with Crippen LogP contribution in [0.25, 0.3) is 33.1 Å². The summed E-state index contributed by atoms with van der Waals surface area (Å²) in [6.45, 7) is 0. The molecular weight excluding hydrogens is 404 g/mol. The SMILES string of the molecule is Cn1c(=O)[nH]c(=O)c2c([C@H]3C(=O)Nc4ccccc43)c(-c3ccc4ccccc4c3)[nH]c21. The van der Waals surface area contributed by atoms with Gasteiger partial charge in [0.25, 0.3) is 5.56 Å². The first-order valence-corrected chi connectivity index (χ1v) is 10.3. The molecule has 156 valence electrons. The third-order valence-corrected chi connectivity index (χ3v) is 6.23. The van der Waals surface area contributed by atoms with E-state index in [0.717, 1.165) is 27.6 Å². The van der Waals surface area contributed by atoms with Crippen molar-refractivity contribution < 1.29 is 4.79 Å². The smallest absolute Gasteiger partial charge is 0.329 e. The van der Waals surface area contributed by atoms with E-state index in [1.54, 1.807) is 7.05 Å². The molecule has 7 heteroatoms. The maximum atomic E-state index is 13.1. The van der Waals surface area contributed by atoms with Crippen LogP contribution in [0.5, 0.6) is 0 Å². The summed E-state index contributed by atoms with van der Waals surface area (Å²) in [6.07, 6.45) is 0. The van der Waals surface area contributed by atoms with Crippen molar-refractivity contribution in [2.75, 3.05) is 5.32 Å². The van der Waals surface area contributed by atoms with Gasteiger partial charge in [-0.05, 0) is 34.0 Å². The van der Waals surface area contributed by atoms with Crippen molar-refractivity contribution >= 4 is 33.4 Å². The fourth-order valence-electron chi connectivity index (χ4n) is 4.68. The molecule has 3 aromatic carbocycles. The summed E-state index contributed by atoms with van der Waals surface area (Å²) in [5.41, 5.74) is 2.92. The van der Waals surface area contributed by atoms with Gasteiger partial charge in [-0.25, -0.2) is 4.79 Å². The minimum atomic E-state index is -0.681. The lowest BCUT2D eigenvalue weighted by Crippen LogP contribution is -2.28. The molecule has 1 aliphatic heterocycles. The highest BCUT2D eigenvalue weighted by Gasteiger charge is 2.37. The van der Waals surface area contributed by atoms with Gasteiger partial charge in [0.15, 0.2) is 0 Å². The lowest BCUT2D eigenvalue weighted by atomic mass is 9.88. The Morgan fingerprint density at radius 1 is 0.844 bits per heavy atom. The third kappa shape index (κ3) is 2.51. The maximum Gasteiger partial charge on any atom is 0.329 e. The van der Waals surface area contributed by atoms with Crippen LogP contribution in [0.4, 0.5) is 5.69 Å². The van der Waals surface area contributed by atoms with Crippen molar-refractivity contribution in [2.45, 2.75) is 5.92 Å². The van der Waals surface area contributed by atoms with E-state index in [1.165, 1.54) is 4.57 Å². The molecule has 0 fully saturated rings. The summed E-state index contributed by atoms with van der Waals surface area (Å²) in [7, 11) is 1.59. The first-order valence-electron chi connectivity index (χ1n) is 10.3. The van der Waals surface area contributed by atoms with E-state index in [0.29, 0.717) is 22.3 Å². The summed E-state index contributed by atoms with van der Waals surface area (Å²) in [5.74, 6) is -0.887. The molecule has 2 aromatic heterocycles. The molecule has 3 N–H and O–H groups in total. The predicted octanol–water partition coefficient (Wildman–Crippen LogP) is 3.46. The second kappa shape index (κ2) is 6.55. The number of anilines is 1. The Hall–Kier alpha value is -4.39. The summed E-state index contributed by atoms with van der Waals surface area (Å²) >= 11 is 0. The van der Waals surface area contributed by atoms with E-state index in [4.69, 9.17) is 0 Å². The van der Waals surface area contributed by atoms with Crippen LogP contribution in [-0.4, -0.2) is 20.4 Å². The number of rotatable bonds is 2. The summed E-state index contributed by atoms with van der Waals surface area (Å²) < 4.78 is 1.36. The Kier molecular flexibility index (Phi) is 3.76. The molecule has 1 atom stereocenters. The van der Waals surface area contributed by atoms with Gasteiger partial charge in [-0.2, -0.15) is 0 Å². The molecule has 0 radical (unpaired) electrons. The molecule has 0 unspecified atom stereocenters. The van der Waals surface area contributed by atoms with Gasteiger partial charge < -0.3 is 10.3 Å². The number of carbonyl (C=O) groups excluding carboxylic acids is 1. The number of fused-ring (bicyclic) bond motifs is 3. The minimum Gasteiger partial charge on any atom is -0.340 e. The van der Waals surface area contributed by atoms with E-state index in [1.807, 2.05) is 66.7 Å². The zero-order valence-corrected chi connectivity index (χ0v) is 17.1. The number of aromatic amines is 2. The lowest BCUT2D eigenvalue weighted by Gasteiger charge is -2.12. The van der Waals surface area contributed by atoms with Gasteiger partial charge in [0, 0.05) is 18.3 Å². The number of nitrogens with zero attached hydrogens (tertiary/aromatic N) is 1. The van der Waals surface area contributed by atoms with Gasteiger partial charge >= 0.3 is 5.69 Å². The number of benzene rings is 3. The van der Waals surface area contributed by atoms with E-state index < -0.39 is 17.2 Å². The van der Waals surface area contributed by atoms with Crippen LogP contribution < -0.4 is 16.6 Å². The van der Waals surface area contributed by atoms with E-state index in [9.17, 15) is 14.4 Å². The van der Waals surface area contributed by atoms with E-state index in [2.05, 4.69) is 15.3 Å². The summed E-state index contributed by atoms with van der Waals surface area (Å²) in [5, 5.41) is 5.35. The van der Waals surface area contributed by atoms with Crippen LogP contribution in [0.3, 0.4) is 0 Å². The van der Waals surface area contributed by atoms with Crippen molar-refractivity contribution in [3.8, 4) is 11.3 Å². The van der Waals surface area contributed by atoms with Crippen molar-refractivity contribution in [1.29, 1.82) is 0 Å². The molecule has 0 spiro atoms. The monoisotopic (exact) mass is 422 g/mol. The molecule has 0 bridgehead atoms. The second-order valence-corrected chi connectivity index (χ2v) is 8.03. The molecule has 5 aromatic rings. The van der Waals surface area contributed by atoms with Crippen LogP contribution in [0.1, 0.15) is 17.0 Å². The predicted molar refractivity (Wildman–Crippen MR) is 124 cm³/mol. The standard InChI is InChI=1S/C25H18N4O3/c1-29-22-20(24(31)28-25(29)32)19(18-16-8-4-5-9-17(16)26-23(18)30)21(27-22)15-11-10-13-6-2-3-7-14(13)12-15/h2-12,18,27H,1H3,(H,26,30)(H,28,31,32)/t18-/m0/s1. The second-order valence-electron chi connectivity index (χ2n) is 8.03. The minimum absolute atomic E-state index is 0.206. The Bertz CT molecular complexity index is 1690. The molecule has 0 saturated heterocycles. The molecule has 32 heavy (non-hydrogen) atoms. The molecule has 3 heterocycles. The number of aromatic nitrogens is 3. The highest BCUT2D eigenvalue weighted by atomic mass is 16.2. The van der Waals surface area contributed by atoms with Gasteiger partial charge in [0.2, 0.25) is 5.91 Å². The largest absolute Gasteiger partial charge is 0.340 e. The average molecular weight is 422 g/mol. The molecule has 7 nitrogen and oxygen atoms in total. The summed E-state index contributed by atoms with van der Waals surface area (Å²) in [6, 6.07) is 21.4. The molecule has 0 saturated carbocycles. The normalized spacial score (nSPS) is 15.3. The maximum absolute atomic E-state index is 13.1. The van der Waals surface area contributed by atoms with E-state index >= 15 is 0 Å². The first kappa shape index (κ1) is 18.4. The van der Waals surface area contributed by atoms with Gasteiger partial charge in [-0.1, -0.05) is 54.6 Å². The fourth-order valence-corrected chi connectivity index (χ4v) is 4.68. The number of H-pyrrole nitrogens is 2. The number of aryl methyl sites for hydroxylation is 1. The molecule has 1 amide bonds. The summed E-state index contributed by atoms with van der Waals surface area (Å²) in [4.78, 5) is 44.1. The van der Waals surface area contributed by atoms with Crippen molar-refractivity contribution in [1.82, 2.24) is 14.5 Å². The van der Waals surface area contributed by atoms with Crippen molar-refractivity contribution in [3.63, 3.8) is 0 Å². The number of para-hydroxylation sites is 1. The number of amides is 1. The Morgan fingerprint density at radius 2 is 1.59 bits per heavy atom. The zero-order valence-electron chi connectivity index (χ0n) is 17.1. The average Bonchev–Trinajstić information content (AvgIpc) is 3.34. The zero-order chi connectivity index (χ0) is 22.0. The molecular formula is C25H18N4O3. The van der Waals surface area contributed by atoms with Crippen LogP contribution in [-0.2, 0) is 11.8 Å². The molecule has 0 aliphatic carbocycles. The van der Waals surface area contributed by atoms with Crippen molar-refractivity contribution in [2.24, 2.45) is 7.05 Å². The quantitative estimate of drug-likeness (QED) is 0.406. The van der Waals surface area contributed by atoms with Crippen LogP contribution >= 0.6 is 0 Å². The van der Waals surface area contributed by atoms with Gasteiger partial charge in [0.05, 0.1) is 17.0 Å². The molecule has 1 aliphatic rings. The van der Waals surface area contributed by atoms with Gasteiger partial charge in [-0.3, -0.25) is 19.1 Å². The van der Waals surface area contributed by atoms with Gasteiger partial charge in [-0.15, -0.1) is 0 Å². The topological polar surface area (TPSA) is 99.8 Å². The van der Waals surface area contributed by atoms with Gasteiger partial charge in [0.1, 0.15) is 5.65 Å². The first-order chi connectivity index (χ1) is 15.5. The van der Waals surface area contributed by atoms with E-state index in [-0.39, 0.29) is 5.91 Å². The lowest BCUT2D eigenvalue weighted by molar-refractivity contribution is -0.116. The Balaban J connectivity index is 1.73. The number of hydrogen-bond donors (Lipinski definition) is 3.